The summed E-state index contributed by atoms with van der Waals surface area (Å²) in [5.41, 5.74) is 3.60. The molecule has 0 aromatic rings. The van der Waals surface area contributed by atoms with E-state index in [0.717, 1.165) is 30.1 Å². The first-order valence-electron chi connectivity index (χ1n) is 13.7. The highest BCUT2D eigenvalue weighted by Gasteiger charge is 2.67. The molecule has 0 amide bonds. The minimum absolute atomic E-state index is 0.0533. The van der Waals surface area contributed by atoms with Crippen molar-refractivity contribution < 1.29 is 5.11 Å². The Bertz CT molecular complexity index is 779. The molecule has 10 atom stereocenters. The van der Waals surface area contributed by atoms with Crippen LogP contribution in [0.5, 0.6) is 0 Å². The predicted octanol–water partition coefficient (Wildman–Crippen LogP) is 8.02. The zero-order valence-corrected chi connectivity index (χ0v) is 21.9. The van der Waals surface area contributed by atoms with E-state index in [0.29, 0.717) is 27.6 Å². The second-order valence-corrected chi connectivity index (χ2v) is 14.7. The van der Waals surface area contributed by atoms with Crippen LogP contribution in [0, 0.1) is 56.7 Å². The molecule has 4 saturated carbocycles. The Morgan fingerprint density at radius 3 is 2.23 bits per heavy atom. The highest BCUT2D eigenvalue weighted by molar-refractivity contribution is 5.33. The summed E-state index contributed by atoms with van der Waals surface area (Å²) in [6.45, 7) is 20.5. The molecule has 4 fully saturated rings. The van der Waals surface area contributed by atoms with E-state index in [1.165, 1.54) is 51.4 Å². The maximum absolute atomic E-state index is 10.9. The molecule has 31 heavy (non-hydrogen) atoms. The van der Waals surface area contributed by atoms with Crippen molar-refractivity contribution in [3.63, 3.8) is 0 Å². The van der Waals surface area contributed by atoms with Gasteiger partial charge in [0.2, 0.25) is 0 Å². The molecule has 0 radical (unpaired) electrons. The molecule has 1 N–H and O–H groups in total. The molecule has 1 nitrogen and oxygen atoms in total. The van der Waals surface area contributed by atoms with E-state index in [9.17, 15) is 5.11 Å². The van der Waals surface area contributed by atoms with Crippen molar-refractivity contribution in [1.82, 2.24) is 0 Å². The number of allylic oxidation sites excluding steroid dienone is 2. The van der Waals surface area contributed by atoms with Crippen molar-refractivity contribution in [3.8, 4) is 0 Å². The Morgan fingerprint density at radius 1 is 0.806 bits per heavy atom. The van der Waals surface area contributed by atoms with E-state index in [-0.39, 0.29) is 11.5 Å². The SMILES string of the molecule is C[C@@H]1[C@H](C)CC[C@]2(C)CC[C@]3(C)C(=CC[C@@H]4[C@@]5(C)CC[C@H](O)C(C)(C)[C@H]5CC[C@]43C)[C@@H]12. The quantitative estimate of drug-likeness (QED) is 0.389. The van der Waals surface area contributed by atoms with E-state index in [2.05, 4.69) is 61.5 Å². The summed E-state index contributed by atoms with van der Waals surface area (Å²) in [7, 11) is 0. The normalized spacial score (nSPS) is 58.3. The van der Waals surface area contributed by atoms with Crippen molar-refractivity contribution in [2.24, 2.45) is 56.7 Å². The van der Waals surface area contributed by atoms with Gasteiger partial charge in [0.1, 0.15) is 0 Å². The lowest BCUT2D eigenvalue weighted by Crippen LogP contribution is -2.64. The molecule has 5 aliphatic carbocycles. The molecule has 0 saturated heterocycles. The van der Waals surface area contributed by atoms with Gasteiger partial charge in [-0.3, -0.25) is 0 Å². The minimum Gasteiger partial charge on any atom is -0.393 e. The summed E-state index contributed by atoms with van der Waals surface area (Å²) in [6, 6.07) is 0. The van der Waals surface area contributed by atoms with Crippen LogP contribution in [0.25, 0.3) is 0 Å². The van der Waals surface area contributed by atoms with Gasteiger partial charge in [0, 0.05) is 0 Å². The van der Waals surface area contributed by atoms with E-state index in [1.807, 2.05) is 5.57 Å². The zero-order valence-electron chi connectivity index (χ0n) is 21.9. The summed E-state index contributed by atoms with van der Waals surface area (Å²) in [5, 5.41) is 10.9. The van der Waals surface area contributed by atoms with Gasteiger partial charge in [-0.1, -0.05) is 67.0 Å². The standard InChI is InChI=1S/C30H50O/c1-19-11-14-27(5)17-18-29(7)21(25(27)20(19)2)9-10-23-28(6)15-13-24(31)26(3,4)22(28)12-16-30(23,29)8/h9,19-20,22-25,31H,10-18H2,1-8H3/t19-,20-,22-,23-,24+,25-,27-,28+,29-,30-/m1/s1. The minimum atomic E-state index is -0.125. The van der Waals surface area contributed by atoms with Gasteiger partial charge in [-0.25, -0.2) is 0 Å². The third-order valence-electron chi connectivity index (χ3n) is 13.4. The number of hydrogen-bond acceptors (Lipinski definition) is 1. The van der Waals surface area contributed by atoms with Crippen molar-refractivity contribution >= 4 is 0 Å². The Morgan fingerprint density at radius 2 is 1.52 bits per heavy atom. The Kier molecular flexibility index (Phi) is 4.82. The molecule has 5 rings (SSSR count). The van der Waals surface area contributed by atoms with Gasteiger partial charge < -0.3 is 5.11 Å². The van der Waals surface area contributed by atoms with Crippen LogP contribution in [0.2, 0.25) is 0 Å². The first-order valence-corrected chi connectivity index (χ1v) is 13.7. The van der Waals surface area contributed by atoms with Gasteiger partial charge in [-0.2, -0.15) is 0 Å². The van der Waals surface area contributed by atoms with E-state index in [4.69, 9.17) is 0 Å². The molecule has 1 heteroatoms. The van der Waals surface area contributed by atoms with Gasteiger partial charge >= 0.3 is 0 Å². The summed E-state index contributed by atoms with van der Waals surface area (Å²) in [5.74, 6) is 3.90. The Hall–Kier alpha value is -0.300. The van der Waals surface area contributed by atoms with Crippen molar-refractivity contribution in [2.45, 2.75) is 119 Å². The third kappa shape index (κ3) is 2.65. The van der Waals surface area contributed by atoms with E-state index < -0.39 is 0 Å². The maximum atomic E-state index is 10.9. The van der Waals surface area contributed by atoms with E-state index in [1.54, 1.807) is 0 Å². The first-order chi connectivity index (χ1) is 14.3. The molecular formula is C30H50O. The fraction of sp³-hybridized carbons (Fsp3) is 0.933. The van der Waals surface area contributed by atoms with Gasteiger partial charge in [-0.05, 0) is 114 Å². The van der Waals surface area contributed by atoms with Gasteiger partial charge in [0.15, 0.2) is 0 Å². The molecular weight excluding hydrogens is 376 g/mol. The average Bonchev–Trinajstić information content (AvgIpc) is 2.69. The second-order valence-electron chi connectivity index (χ2n) is 14.7. The molecule has 176 valence electrons. The maximum Gasteiger partial charge on any atom is 0.0594 e. The fourth-order valence-electron chi connectivity index (χ4n) is 10.8. The average molecular weight is 427 g/mol. The summed E-state index contributed by atoms with van der Waals surface area (Å²) >= 11 is 0. The van der Waals surface area contributed by atoms with Gasteiger partial charge in [0.05, 0.1) is 6.10 Å². The van der Waals surface area contributed by atoms with E-state index >= 15 is 0 Å². The largest absolute Gasteiger partial charge is 0.393 e. The summed E-state index contributed by atoms with van der Waals surface area (Å²) in [6.07, 6.45) is 14.5. The number of rotatable bonds is 0. The fourth-order valence-corrected chi connectivity index (χ4v) is 10.8. The van der Waals surface area contributed by atoms with Crippen molar-refractivity contribution in [3.05, 3.63) is 11.6 Å². The number of fused-ring (bicyclic) bond motifs is 7. The smallest absolute Gasteiger partial charge is 0.0594 e. The predicted molar refractivity (Wildman–Crippen MR) is 131 cm³/mol. The lowest BCUT2D eigenvalue weighted by Gasteiger charge is -2.71. The van der Waals surface area contributed by atoms with Crippen LogP contribution in [0.15, 0.2) is 11.6 Å². The van der Waals surface area contributed by atoms with Crippen LogP contribution in [0.1, 0.15) is 113 Å². The lowest BCUT2D eigenvalue weighted by molar-refractivity contribution is -0.203. The second kappa shape index (κ2) is 6.64. The molecule has 0 aromatic carbocycles. The van der Waals surface area contributed by atoms with Gasteiger partial charge in [0.25, 0.3) is 0 Å². The van der Waals surface area contributed by atoms with Crippen LogP contribution < -0.4 is 0 Å². The first kappa shape index (κ1) is 22.5. The van der Waals surface area contributed by atoms with Crippen LogP contribution in [-0.4, -0.2) is 11.2 Å². The van der Waals surface area contributed by atoms with Crippen LogP contribution in [0.3, 0.4) is 0 Å². The van der Waals surface area contributed by atoms with Crippen LogP contribution in [-0.2, 0) is 0 Å². The lowest BCUT2D eigenvalue weighted by atomic mass is 9.33. The third-order valence-corrected chi connectivity index (χ3v) is 13.4. The summed E-state index contributed by atoms with van der Waals surface area (Å²) < 4.78 is 0. The molecule has 0 unspecified atom stereocenters. The highest BCUT2D eigenvalue weighted by Crippen LogP contribution is 2.75. The van der Waals surface area contributed by atoms with Crippen molar-refractivity contribution in [1.29, 1.82) is 0 Å². The number of aliphatic hydroxyl groups is 1. The van der Waals surface area contributed by atoms with Crippen molar-refractivity contribution in [2.75, 3.05) is 0 Å². The summed E-state index contributed by atoms with van der Waals surface area (Å²) in [4.78, 5) is 0. The molecule has 0 spiro atoms. The molecule has 0 aliphatic heterocycles. The Labute approximate surface area is 192 Å². The monoisotopic (exact) mass is 426 g/mol. The van der Waals surface area contributed by atoms with Crippen LogP contribution in [0.4, 0.5) is 0 Å². The highest BCUT2D eigenvalue weighted by atomic mass is 16.3. The molecule has 0 heterocycles. The van der Waals surface area contributed by atoms with Gasteiger partial charge in [-0.15, -0.1) is 0 Å². The number of hydrogen-bond donors (Lipinski definition) is 1. The number of aliphatic hydroxyl groups excluding tert-OH is 1. The molecule has 0 aromatic heterocycles. The molecule has 5 aliphatic rings. The topological polar surface area (TPSA) is 20.2 Å². The van der Waals surface area contributed by atoms with Crippen LogP contribution >= 0.6 is 0 Å². The molecule has 0 bridgehead atoms. The zero-order chi connectivity index (χ0) is 22.6. The Balaban J connectivity index is 1.59.